The molecule has 0 aromatic carbocycles. The van der Waals surface area contributed by atoms with E-state index in [1.54, 1.807) is 0 Å². The van der Waals surface area contributed by atoms with E-state index in [1.807, 2.05) is 13.8 Å². The van der Waals surface area contributed by atoms with Crippen LogP contribution in [0.15, 0.2) is 15.8 Å². The third-order valence-corrected chi connectivity index (χ3v) is 2.87. The second-order valence-electron chi connectivity index (χ2n) is 4.41. The number of rotatable bonds is 8. The van der Waals surface area contributed by atoms with Crippen LogP contribution in [0.25, 0.3) is 0 Å². The highest BCUT2D eigenvalue weighted by Gasteiger charge is 2.19. The first kappa shape index (κ1) is 16.1. The maximum absolute atomic E-state index is 12.1. The number of hydrogen-bond donors (Lipinski definition) is 1. The monoisotopic (exact) mass is 284 g/mol. The van der Waals surface area contributed by atoms with E-state index in [4.69, 9.17) is 0 Å². The molecule has 0 saturated carbocycles. The second kappa shape index (κ2) is 7.59. The van der Waals surface area contributed by atoms with Crippen molar-refractivity contribution in [1.29, 1.82) is 0 Å². The lowest BCUT2D eigenvalue weighted by Crippen LogP contribution is -2.41. The zero-order valence-electron chi connectivity index (χ0n) is 11.8. The maximum atomic E-state index is 12.1. The summed E-state index contributed by atoms with van der Waals surface area (Å²) in [6.07, 6.45) is 2.26. The standard InChI is InChI=1S/C12H20N4O4/c1-3-7-14-9-10(16(19)20)11(17)15(12(14)18)8-5-6-13-4-2/h9,13H,3-8H2,1-2H3. The molecule has 1 heterocycles. The second-order valence-corrected chi connectivity index (χ2v) is 4.41. The van der Waals surface area contributed by atoms with Gasteiger partial charge in [0.15, 0.2) is 0 Å². The molecular weight excluding hydrogens is 264 g/mol. The van der Waals surface area contributed by atoms with Gasteiger partial charge in [0, 0.05) is 13.1 Å². The molecule has 0 spiro atoms. The summed E-state index contributed by atoms with van der Waals surface area (Å²) in [6.45, 7) is 5.79. The summed E-state index contributed by atoms with van der Waals surface area (Å²) in [4.78, 5) is 34.2. The summed E-state index contributed by atoms with van der Waals surface area (Å²) >= 11 is 0. The van der Waals surface area contributed by atoms with Crippen molar-refractivity contribution in [3.8, 4) is 0 Å². The van der Waals surface area contributed by atoms with Crippen LogP contribution in [-0.2, 0) is 13.1 Å². The van der Waals surface area contributed by atoms with Crippen molar-refractivity contribution in [2.75, 3.05) is 13.1 Å². The summed E-state index contributed by atoms with van der Waals surface area (Å²) in [5, 5.41) is 14.0. The van der Waals surface area contributed by atoms with Crippen molar-refractivity contribution in [1.82, 2.24) is 14.5 Å². The van der Waals surface area contributed by atoms with E-state index in [1.165, 1.54) is 4.57 Å². The minimum absolute atomic E-state index is 0.177. The smallest absolute Gasteiger partial charge is 0.317 e. The van der Waals surface area contributed by atoms with Crippen LogP contribution in [0.1, 0.15) is 26.7 Å². The highest BCUT2D eigenvalue weighted by Crippen LogP contribution is 2.01. The van der Waals surface area contributed by atoms with E-state index in [9.17, 15) is 19.7 Å². The first-order chi connectivity index (χ1) is 9.52. The summed E-state index contributed by atoms with van der Waals surface area (Å²) in [7, 11) is 0. The van der Waals surface area contributed by atoms with Crippen molar-refractivity contribution >= 4 is 5.69 Å². The van der Waals surface area contributed by atoms with Crippen LogP contribution in [-0.4, -0.2) is 27.1 Å². The number of aromatic nitrogens is 2. The van der Waals surface area contributed by atoms with E-state index < -0.39 is 21.9 Å². The highest BCUT2D eigenvalue weighted by atomic mass is 16.6. The fourth-order valence-electron chi connectivity index (χ4n) is 1.90. The van der Waals surface area contributed by atoms with Crippen molar-refractivity contribution in [3.63, 3.8) is 0 Å². The molecule has 0 aliphatic heterocycles. The number of aryl methyl sites for hydroxylation is 1. The molecule has 8 nitrogen and oxygen atoms in total. The van der Waals surface area contributed by atoms with Gasteiger partial charge in [-0.25, -0.2) is 4.79 Å². The number of hydrogen-bond acceptors (Lipinski definition) is 5. The third-order valence-electron chi connectivity index (χ3n) is 2.87. The Bertz CT molecular complexity index is 576. The fourth-order valence-corrected chi connectivity index (χ4v) is 1.90. The lowest BCUT2D eigenvalue weighted by atomic mass is 10.4. The van der Waals surface area contributed by atoms with E-state index in [0.717, 1.165) is 17.3 Å². The number of nitrogens with zero attached hydrogens (tertiary/aromatic N) is 3. The Morgan fingerprint density at radius 2 is 2.00 bits per heavy atom. The fraction of sp³-hybridized carbons (Fsp3) is 0.667. The molecule has 20 heavy (non-hydrogen) atoms. The Morgan fingerprint density at radius 1 is 1.30 bits per heavy atom. The first-order valence-electron chi connectivity index (χ1n) is 6.72. The molecule has 1 aromatic heterocycles. The lowest BCUT2D eigenvalue weighted by molar-refractivity contribution is -0.387. The van der Waals surface area contributed by atoms with Gasteiger partial charge in [0.1, 0.15) is 0 Å². The minimum atomic E-state index is -0.830. The average Bonchev–Trinajstić information content (AvgIpc) is 2.40. The van der Waals surface area contributed by atoms with Crippen LogP contribution in [0.3, 0.4) is 0 Å². The van der Waals surface area contributed by atoms with Gasteiger partial charge in [-0.2, -0.15) is 0 Å². The Kier molecular flexibility index (Phi) is 6.10. The topological polar surface area (TPSA) is 99.2 Å². The molecule has 0 atom stereocenters. The largest absolute Gasteiger partial charge is 0.350 e. The Labute approximate surface area is 116 Å². The van der Waals surface area contributed by atoms with Gasteiger partial charge in [-0.15, -0.1) is 0 Å². The van der Waals surface area contributed by atoms with Gasteiger partial charge in [0.05, 0.1) is 11.1 Å². The molecule has 0 radical (unpaired) electrons. The molecule has 0 unspecified atom stereocenters. The predicted octanol–water partition coefficient (Wildman–Crippen LogP) is 0.328. The Hall–Kier alpha value is -1.96. The molecule has 0 aliphatic rings. The van der Waals surface area contributed by atoms with Crippen molar-refractivity contribution < 1.29 is 4.92 Å². The molecular formula is C12H20N4O4. The summed E-state index contributed by atoms with van der Waals surface area (Å²) in [5.41, 5.74) is -1.87. The lowest BCUT2D eigenvalue weighted by Gasteiger charge is -2.09. The van der Waals surface area contributed by atoms with E-state index in [-0.39, 0.29) is 6.54 Å². The van der Waals surface area contributed by atoms with Gasteiger partial charge < -0.3 is 5.32 Å². The van der Waals surface area contributed by atoms with E-state index in [2.05, 4.69) is 5.32 Å². The summed E-state index contributed by atoms with van der Waals surface area (Å²) < 4.78 is 2.18. The van der Waals surface area contributed by atoms with Crippen molar-refractivity contribution in [2.24, 2.45) is 0 Å². The number of nitro groups is 1. The molecule has 1 N–H and O–H groups in total. The zero-order chi connectivity index (χ0) is 15.1. The Balaban J connectivity index is 3.15. The molecule has 0 saturated heterocycles. The van der Waals surface area contributed by atoms with Gasteiger partial charge in [-0.3, -0.25) is 24.0 Å². The van der Waals surface area contributed by atoms with Crippen LogP contribution < -0.4 is 16.6 Å². The zero-order valence-corrected chi connectivity index (χ0v) is 11.8. The van der Waals surface area contributed by atoms with E-state index in [0.29, 0.717) is 25.9 Å². The predicted molar refractivity (Wildman–Crippen MR) is 75.1 cm³/mol. The molecule has 0 amide bonds. The molecule has 0 aliphatic carbocycles. The molecule has 1 aromatic rings. The molecule has 112 valence electrons. The van der Waals surface area contributed by atoms with Crippen LogP contribution in [0.5, 0.6) is 0 Å². The number of nitrogens with one attached hydrogen (secondary N) is 1. The first-order valence-corrected chi connectivity index (χ1v) is 6.72. The van der Waals surface area contributed by atoms with Crippen molar-refractivity contribution in [3.05, 3.63) is 37.1 Å². The minimum Gasteiger partial charge on any atom is -0.317 e. The van der Waals surface area contributed by atoms with Gasteiger partial charge in [-0.1, -0.05) is 13.8 Å². The Morgan fingerprint density at radius 3 is 2.55 bits per heavy atom. The van der Waals surface area contributed by atoms with Gasteiger partial charge in [0.25, 0.3) is 0 Å². The quantitative estimate of drug-likeness (QED) is 0.421. The maximum Gasteiger partial charge on any atom is 0.350 e. The molecule has 8 heteroatoms. The van der Waals surface area contributed by atoms with Crippen molar-refractivity contribution in [2.45, 2.75) is 39.8 Å². The third kappa shape index (κ3) is 3.77. The molecule has 0 bridgehead atoms. The average molecular weight is 284 g/mol. The highest BCUT2D eigenvalue weighted by molar-refractivity contribution is 5.21. The van der Waals surface area contributed by atoms with Gasteiger partial charge >= 0.3 is 16.9 Å². The molecule has 1 rings (SSSR count). The van der Waals surface area contributed by atoms with Crippen LogP contribution in [0.4, 0.5) is 5.69 Å². The summed E-state index contributed by atoms with van der Waals surface area (Å²) in [6, 6.07) is 0. The van der Waals surface area contributed by atoms with Crippen LogP contribution >= 0.6 is 0 Å². The van der Waals surface area contributed by atoms with Gasteiger partial charge in [0.2, 0.25) is 0 Å². The van der Waals surface area contributed by atoms with Crippen LogP contribution in [0.2, 0.25) is 0 Å². The van der Waals surface area contributed by atoms with E-state index >= 15 is 0 Å². The normalized spacial score (nSPS) is 10.7. The SMILES string of the molecule is CCCn1cc([N+](=O)[O-])c(=O)n(CCCNCC)c1=O. The summed E-state index contributed by atoms with van der Waals surface area (Å²) in [5.74, 6) is 0. The molecule has 0 fully saturated rings. The van der Waals surface area contributed by atoms with Gasteiger partial charge in [-0.05, 0) is 25.9 Å². The van der Waals surface area contributed by atoms with Crippen LogP contribution in [0, 0.1) is 10.1 Å².